The minimum absolute atomic E-state index is 0.00215. The van der Waals surface area contributed by atoms with Crippen LogP contribution in [-0.2, 0) is 6.54 Å². The fourth-order valence-electron chi connectivity index (χ4n) is 4.71. The summed E-state index contributed by atoms with van der Waals surface area (Å²) < 4.78 is 9.22. The molecule has 0 unspecified atom stereocenters. The van der Waals surface area contributed by atoms with Crippen molar-refractivity contribution in [2.45, 2.75) is 51.1 Å². The van der Waals surface area contributed by atoms with Crippen LogP contribution in [0.5, 0.6) is 5.75 Å². The lowest BCUT2D eigenvalue weighted by molar-refractivity contribution is 0.0562. The highest BCUT2D eigenvalue weighted by atomic mass is 32.1. The Kier molecular flexibility index (Phi) is 5.64. The largest absolute Gasteiger partial charge is 0.497 e. The first kappa shape index (κ1) is 19.3. The molecule has 4 rings (SSSR count). The van der Waals surface area contributed by atoms with Crippen LogP contribution in [0.4, 0.5) is 0 Å². The van der Waals surface area contributed by atoms with Crippen molar-refractivity contribution >= 4 is 17.4 Å². The summed E-state index contributed by atoms with van der Waals surface area (Å²) in [4.78, 5) is 18.6. The van der Waals surface area contributed by atoms with E-state index in [-0.39, 0.29) is 11.4 Å². The molecular formula is C21H28N4O2S. The zero-order chi connectivity index (χ0) is 19.6. The van der Waals surface area contributed by atoms with Crippen LogP contribution in [0.1, 0.15) is 53.0 Å². The Morgan fingerprint density at radius 1 is 1.14 bits per heavy atom. The fraction of sp³-hybridized carbons (Fsp3) is 0.571. The summed E-state index contributed by atoms with van der Waals surface area (Å²) in [7, 11) is 1.70. The van der Waals surface area contributed by atoms with Gasteiger partial charge < -0.3 is 9.64 Å². The molecule has 7 heteroatoms. The van der Waals surface area contributed by atoms with E-state index in [9.17, 15) is 4.79 Å². The molecule has 6 nitrogen and oxygen atoms in total. The number of rotatable bonds is 4. The Morgan fingerprint density at radius 3 is 2.57 bits per heavy atom. The van der Waals surface area contributed by atoms with Crippen molar-refractivity contribution in [2.24, 2.45) is 0 Å². The second-order valence-electron chi connectivity index (χ2n) is 7.95. The molecule has 0 radical (unpaired) electrons. The molecule has 3 heterocycles. The van der Waals surface area contributed by atoms with Crippen LogP contribution in [0, 0.1) is 6.92 Å². The Labute approximate surface area is 170 Å². The number of likely N-dealkylation sites (tertiary alicyclic amines) is 2. The van der Waals surface area contributed by atoms with Gasteiger partial charge in [0.2, 0.25) is 0 Å². The number of benzene rings is 1. The van der Waals surface area contributed by atoms with Crippen LogP contribution in [0.15, 0.2) is 24.3 Å². The van der Waals surface area contributed by atoms with Crippen molar-refractivity contribution in [3.63, 3.8) is 0 Å². The summed E-state index contributed by atoms with van der Waals surface area (Å²) >= 11 is 1.23. The first-order chi connectivity index (χ1) is 13.6. The Bertz CT molecular complexity index is 822. The zero-order valence-corrected chi connectivity index (χ0v) is 17.5. The van der Waals surface area contributed by atoms with Crippen molar-refractivity contribution < 1.29 is 9.53 Å². The number of nitrogens with zero attached hydrogens (tertiary/aromatic N) is 4. The van der Waals surface area contributed by atoms with Crippen LogP contribution < -0.4 is 4.74 Å². The number of aromatic nitrogens is 2. The van der Waals surface area contributed by atoms with Gasteiger partial charge in [-0.15, -0.1) is 5.10 Å². The van der Waals surface area contributed by atoms with Gasteiger partial charge in [-0.05, 0) is 74.8 Å². The number of methoxy groups -OCH3 is 1. The van der Waals surface area contributed by atoms with Crippen molar-refractivity contribution in [2.75, 3.05) is 26.7 Å². The van der Waals surface area contributed by atoms with Crippen LogP contribution in [-0.4, -0.2) is 57.6 Å². The third-order valence-corrected chi connectivity index (χ3v) is 7.08. The van der Waals surface area contributed by atoms with Gasteiger partial charge in [0.05, 0.1) is 12.8 Å². The zero-order valence-electron chi connectivity index (χ0n) is 16.7. The van der Waals surface area contributed by atoms with Gasteiger partial charge >= 0.3 is 0 Å². The molecular weight excluding hydrogens is 372 g/mol. The van der Waals surface area contributed by atoms with Gasteiger partial charge in [0.25, 0.3) is 5.91 Å². The third kappa shape index (κ3) is 3.78. The van der Waals surface area contributed by atoms with Crippen molar-refractivity contribution in [1.29, 1.82) is 0 Å². The summed E-state index contributed by atoms with van der Waals surface area (Å²) in [6.45, 7) is 5.79. The number of amides is 1. The summed E-state index contributed by atoms with van der Waals surface area (Å²) in [5, 5.41) is 4.04. The molecule has 0 bridgehead atoms. The van der Waals surface area contributed by atoms with Crippen molar-refractivity contribution in [1.82, 2.24) is 19.4 Å². The molecule has 2 saturated heterocycles. The summed E-state index contributed by atoms with van der Waals surface area (Å²) in [6.07, 6.45) is 5.46. The first-order valence-corrected chi connectivity index (χ1v) is 10.8. The van der Waals surface area contributed by atoms with Gasteiger partial charge in [0.1, 0.15) is 10.6 Å². The molecule has 2 aliphatic heterocycles. The second-order valence-corrected chi connectivity index (χ2v) is 8.70. The van der Waals surface area contributed by atoms with Crippen LogP contribution in [0.25, 0.3) is 0 Å². The van der Waals surface area contributed by atoms with E-state index < -0.39 is 0 Å². The van der Waals surface area contributed by atoms with Crippen LogP contribution >= 0.6 is 11.5 Å². The van der Waals surface area contributed by atoms with Gasteiger partial charge in [-0.3, -0.25) is 9.69 Å². The van der Waals surface area contributed by atoms with Crippen LogP contribution in [0.3, 0.4) is 0 Å². The highest BCUT2D eigenvalue weighted by Crippen LogP contribution is 2.40. The molecule has 1 atom stereocenters. The molecule has 1 spiro atoms. The van der Waals surface area contributed by atoms with Crippen molar-refractivity contribution in [3.05, 3.63) is 40.4 Å². The molecule has 1 aromatic carbocycles. The molecule has 2 fully saturated rings. The Morgan fingerprint density at radius 2 is 1.89 bits per heavy atom. The van der Waals surface area contributed by atoms with E-state index >= 15 is 0 Å². The SMILES string of the molecule is COc1ccc(CN2CCC[C@@]3(CCCN3C(=O)c3snnc3C)CC2)cc1. The summed E-state index contributed by atoms with van der Waals surface area (Å²) in [6, 6.07) is 8.34. The minimum atomic E-state index is 0.00215. The number of ether oxygens (including phenoxy) is 1. The molecule has 150 valence electrons. The molecule has 1 amide bonds. The molecule has 1 aromatic heterocycles. The third-order valence-electron chi connectivity index (χ3n) is 6.26. The Hall–Kier alpha value is -1.99. The van der Waals surface area contributed by atoms with E-state index in [0.717, 1.165) is 69.7 Å². The maximum Gasteiger partial charge on any atom is 0.267 e. The highest BCUT2D eigenvalue weighted by Gasteiger charge is 2.45. The molecule has 0 N–H and O–H groups in total. The van der Waals surface area contributed by atoms with E-state index in [0.29, 0.717) is 4.88 Å². The number of hydrogen-bond donors (Lipinski definition) is 0. The number of carbonyl (C=O) groups excluding carboxylic acids is 1. The normalized spacial score (nSPS) is 23.1. The predicted octanol–water partition coefficient (Wildman–Crippen LogP) is 3.52. The van der Waals surface area contributed by atoms with Gasteiger partial charge in [0, 0.05) is 25.2 Å². The fourth-order valence-corrected chi connectivity index (χ4v) is 5.31. The number of aryl methyl sites for hydroxylation is 1. The average Bonchev–Trinajstić information content (AvgIpc) is 3.26. The quantitative estimate of drug-likeness (QED) is 0.786. The van der Waals surface area contributed by atoms with E-state index in [4.69, 9.17) is 4.74 Å². The highest BCUT2D eigenvalue weighted by molar-refractivity contribution is 7.07. The van der Waals surface area contributed by atoms with E-state index in [2.05, 4.69) is 31.5 Å². The molecule has 2 aromatic rings. The number of carbonyl (C=O) groups is 1. The lowest BCUT2D eigenvalue weighted by Gasteiger charge is -2.38. The molecule has 28 heavy (non-hydrogen) atoms. The summed E-state index contributed by atoms with van der Waals surface area (Å²) in [5.74, 6) is 1.03. The van der Waals surface area contributed by atoms with Crippen LogP contribution in [0.2, 0.25) is 0 Å². The number of hydrogen-bond acceptors (Lipinski definition) is 6. The Balaban J connectivity index is 1.44. The van der Waals surface area contributed by atoms with E-state index in [1.165, 1.54) is 17.1 Å². The first-order valence-electron chi connectivity index (χ1n) is 10.1. The maximum atomic E-state index is 13.2. The lowest BCUT2D eigenvalue weighted by atomic mass is 9.87. The van der Waals surface area contributed by atoms with Gasteiger partial charge in [-0.25, -0.2) is 0 Å². The monoisotopic (exact) mass is 400 g/mol. The second kappa shape index (κ2) is 8.17. The standard InChI is InChI=1S/C21H28N4O2S/c1-16-19(28-23-22-16)20(26)25-13-4-10-21(25)9-3-12-24(14-11-21)15-17-5-7-18(27-2)8-6-17/h5-8H,3-4,9-15H2,1-2H3/t21-/m1/s1. The van der Waals surface area contributed by atoms with Gasteiger partial charge in [0.15, 0.2) is 0 Å². The van der Waals surface area contributed by atoms with Gasteiger partial charge in [-0.1, -0.05) is 16.6 Å². The molecule has 2 aliphatic rings. The van der Waals surface area contributed by atoms with E-state index in [1.807, 2.05) is 19.1 Å². The van der Waals surface area contributed by atoms with Gasteiger partial charge in [-0.2, -0.15) is 0 Å². The smallest absolute Gasteiger partial charge is 0.267 e. The summed E-state index contributed by atoms with van der Waals surface area (Å²) in [5.41, 5.74) is 2.07. The molecule has 0 aliphatic carbocycles. The topological polar surface area (TPSA) is 58.6 Å². The lowest BCUT2D eigenvalue weighted by Crippen LogP contribution is -2.47. The minimum Gasteiger partial charge on any atom is -0.497 e. The van der Waals surface area contributed by atoms with Crippen molar-refractivity contribution in [3.8, 4) is 5.75 Å². The average molecular weight is 401 g/mol. The maximum absolute atomic E-state index is 13.2. The van der Waals surface area contributed by atoms with E-state index in [1.54, 1.807) is 7.11 Å². The molecule has 0 saturated carbocycles. The predicted molar refractivity (Wildman–Crippen MR) is 110 cm³/mol.